The maximum atomic E-state index is 8.52. The molecule has 0 radical (unpaired) electrons. The van der Waals surface area contributed by atoms with Gasteiger partial charge in [-0.15, -0.1) is 0 Å². The van der Waals surface area contributed by atoms with Crippen LogP contribution >= 0.6 is 0 Å². The summed E-state index contributed by atoms with van der Waals surface area (Å²) in [5, 5.41) is 17.0. The van der Waals surface area contributed by atoms with Crippen molar-refractivity contribution in [3.8, 4) is 0 Å². The first-order valence-electron chi connectivity index (χ1n) is 10.5. The van der Waals surface area contributed by atoms with Gasteiger partial charge >= 0.3 is 127 Å². The number of hydrogen-bond acceptors (Lipinski definition) is 3. The molecular formula is C25H47MoNO2. The van der Waals surface area contributed by atoms with Gasteiger partial charge in [-0.25, -0.2) is 0 Å². The predicted octanol–water partition coefficient (Wildman–Crippen LogP) is 7.23. The van der Waals surface area contributed by atoms with Gasteiger partial charge in [0.1, 0.15) is 0 Å². The van der Waals surface area contributed by atoms with E-state index in [1.165, 1.54) is 16.8 Å². The Morgan fingerprint density at radius 2 is 1.07 bits per heavy atom. The Bertz CT molecular complexity index is 601. The molecule has 0 heterocycles. The normalized spacial score (nSPS) is 11.9. The molecule has 0 aliphatic carbocycles. The third kappa shape index (κ3) is 22.0. The Morgan fingerprint density at radius 3 is 1.31 bits per heavy atom. The first-order valence-corrected chi connectivity index (χ1v) is 12.6. The number of benzene rings is 1. The van der Waals surface area contributed by atoms with Crippen molar-refractivity contribution in [1.82, 2.24) is 0 Å². The van der Waals surface area contributed by atoms with Crippen LogP contribution in [0.5, 0.6) is 0 Å². The van der Waals surface area contributed by atoms with Crippen molar-refractivity contribution < 1.29 is 28.1 Å². The molecule has 0 fully saturated rings. The molecule has 0 saturated heterocycles. The first-order chi connectivity index (χ1) is 12.7. The van der Waals surface area contributed by atoms with Crippen molar-refractivity contribution in [1.29, 1.82) is 0 Å². The van der Waals surface area contributed by atoms with E-state index in [4.69, 9.17) is 13.7 Å². The third-order valence-electron chi connectivity index (χ3n) is 2.89. The Kier molecular flexibility index (Phi) is 13.8. The van der Waals surface area contributed by atoms with Crippen molar-refractivity contribution in [3.05, 3.63) is 29.3 Å². The molecule has 0 atom stereocenters. The summed E-state index contributed by atoms with van der Waals surface area (Å²) < 4.78 is 7.42. The van der Waals surface area contributed by atoms with E-state index in [1.54, 1.807) is 41.5 Å². The van der Waals surface area contributed by atoms with E-state index in [9.17, 15) is 0 Å². The number of nitrogens with zero attached hydrogens (tertiary/aromatic N) is 1. The van der Waals surface area contributed by atoms with E-state index >= 15 is 0 Å². The van der Waals surface area contributed by atoms with Crippen molar-refractivity contribution >= 4 is 10.1 Å². The van der Waals surface area contributed by atoms with E-state index in [0.29, 0.717) is 11.8 Å². The SMILES string of the molecule is CC(C)(C)O.CC(C)(C)O.CC(C)c1cccc(C(C)C)c1[N]=[Mo]=[CH]C(C)(C)C. The topological polar surface area (TPSA) is 52.8 Å². The fraction of sp³-hybridized carbons (Fsp3) is 0.720. The number of aliphatic hydroxyl groups is 2. The van der Waals surface area contributed by atoms with E-state index in [-0.39, 0.29) is 5.41 Å². The molecule has 4 heteroatoms. The van der Waals surface area contributed by atoms with Crippen molar-refractivity contribution in [3.63, 3.8) is 0 Å². The Labute approximate surface area is 189 Å². The molecular weight excluding hydrogens is 442 g/mol. The van der Waals surface area contributed by atoms with Crippen LogP contribution in [0, 0.1) is 5.41 Å². The summed E-state index contributed by atoms with van der Waals surface area (Å²) in [7, 11) is 0. The summed E-state index contributed by atoms with van der Waals surface area (Å²) in [5.41, 5.74) is 3.36. The Balaban J connectivity index is 0. The summed E-state index contributed by atoms with van der Waals surface area (Å²) in [6, 6.07) is 6.65. The second-order valence-electron chi connectivity index (χ2n) is 11.1. The van der Waals surface area contributed by atoms with Crippen LogP contribution in [0.2, 0.25) is 0 Å². The van der Waals surface area contributed by atoms with Crippen molar-refractivity contribution in [2.75, 3.05) is 0 Å². The van der Waals surface area contributed by atoms with Gasteiger partial charge in [-0.1, -0.05) is 0 Å². The zero-order chi connectivity index (χ0) is 23.6. The molecule has 3 nitrogen and oxygen atoms in total. The van der Waals surface area contributed by atoms with E-state index in [1.807, 2.05) is 0 Å². The fourth-order valence-corrected chi connectivity index (χ4v) is 3.54. The van der Waals surface area contributed by atoms with Gasteiger partial charge in [0.2, 0.25) is 0 Å². The van der Waals surface area contributed by atoms with Crippen molar-refractivity contribution in [2.45, 2.75) is 113 Å². The summed E-state index contributed by atoms with van der Waals surface area (Å²) >= 11 is -0.415. The van der Waals surface area contributed by atoms with Crippen LogP contribution in [0.4, 0.5) is 5.69 Å². The third-order valence-corrected chi connectivity index (χ3v) is 5.60. The molecule has 1 aromatic rings. The predicted molar refractivity (Wildman–Crippen MR) is 126 cm³/mol. The van der Waals surface area contributed by atoms with Crippen LogP contribution in [0.15, 0.2) is 21.7 Å². The molecule has 170 valence electrons. The molecule has 0 aliphatic rings. The van der Waals surface area contributed by atoms with Crippen LogP contribution in [0.3, 0.4) is 0 Å². The van der Waals surface area contributed by atoms with Gasteiger partial charge in [0.25, 0.3) is 0 Å². The van der Waals surface area contributed by atoms with E-state index < -0.39 is 29.1 Å². The van der Waals surface area contributed by atoms with Gasteiger partial charge < -0.3 is 10.2 Å². The summed E-state index contributed by atoms with van der Waals surface area (Å²) in [4.78, 5) is 0. The van der Waals surface area contributed by atoms with Crippen molar-refractivity contribution in [2.24, 2.45) is 8.91 Å². The van der Waals surface area contributed by atoms with Crippen LogP contribution in [-0.4, -0.2) is 25.8 Å². The average Bonchev–Trinajstić information content (AvgIpc) is 2.41. The molecule has 0 unspecified atom stereocenters. The monoisotopic (exact) mass is 491 g/mol. The molecule has 0 aromatic heterocycles. The standard InChI is InChI=1S/C12H17N.C5H10.2C4H10O.Mo/c1-8(2)10-6-5-7-11(9(3)4)12(10)13;1-5(2,3)4;2*1-4(2,3)5;/h5-9H,1-4H3;1H,2-4H3;2*5H,1-3H3;. The van der Waals surface area contributed by atoms with Gasteiger partial charge in [-0.2, -0.15) is 0 Å². The minimum atomic E-state index is -0.500. The molecule has 0 aliphatic heterocycles. The molecule has 0 spiro atoms. The molecule has 0 amide bonds. The van der Waals surface area contributed by atoms with E-state index in [2.05, 4.69) is 71.1 Å². The molecule has 2 N–H and O–H groups in total. The van der Waals surface area contributed by atoms with Crippen LogP contribution < -0.4 is 0 Å². The quantitative estimate of drug-likeness (QED) is 0.440. The Hall–Kier alpha value is -0.502. The molecule has 0 bridgehead atoms. The number of hydrogen-bond donors (Lipinski definition) is 2. The van der Waals surface area contributed by atoms with Crippen LogP contribution in [-0.2, 0) is 17.9 Å². The summed E-state index contributed by atoms with van der Waals surface area (Å²) in [6.45, 7) is 26.2. The van der Waals surface area contributed by atoms with E-state index in [0.717, 1.165) is 0 Å². The number of rotatable bonds is 3. The van der Waals surface area contributed by atoms with Gasteiger partial charge in [0.15, 0.2) is 0 Å². The van der Waals surface area contributed by atoms with Gasteiger partial charge in [0.05, 0.1) is 11.2 Å². The fourth-order valence-electron chi connectivity index (χ4n) is 1.85. The van der Waals surface area contributed by atoms with Crippen LogP contribution in [0.1, 0.15) is 113 Å². The second kappa shape index (κ2) is 13.0. The molecule has 0 saturated carbocycles. The van der Waals surface area contributed by atoms with Gasteiger partial charge in [-0.05, 0) is 41.5 Å². The maximum absolute atomic E-state index is 8.52. The zero-order valence-electron chi connectivity index (χ0n) is 21.2. The second-order valence-corrected chi connectivity index (χ2v) is 12.7. The van der Waals surface area contributed by atoms with Gasteiger partial charge in [0, 0.05) is 0 Å². The Morgan fingerprint density at radius 1 is 0.759 bits per heavy atom. The molecule has 29 heavy (non-hydrogen) atoms. The minimum absolute atomic E-state index is 0.288. The van der Waals surface area contributed by atoms with Crippen LogP contribution in [0.25, 0.3) is 0 Å². The summed E-state index contributed by atoms with van der Waals surface area (Å²) in [6.07, 6.45) is 0. The van der Waals surface area contributed by atoms with Gasteiger partial charge in [-0.3, -0.25) is 0 Å². The molecule has 1 rings (SSSR count). The average molecular weight is 490 g/mol. The molecule has 1 aromatic carbocycles. The first kappa shape index (κ1) is 30.7. The summed E-state index contributed by atoms with van der Waals surface area (Å²) in [5.74, 6) is 1.08. The zero-order valence-corrected chi connectivity index (χ0v) is 23.2.